The van der Waals surface area contributed by atoms with Crippen molar-refractivity contribution in [1.29, 1.82) is 0 Å². The topological polar surface area (TPSA) is 26.0 Å². The molecule has 3 heteroatoms. The van der Waals surface area contributed by atoms with Crippen LogP contribution >= 0.6 is 22.9 Å². The number of hydrogen-bond acceptors (Lipinski definition) is 2. The molecule has 2 N–H and O–H groups in total. The van der Waals surface area contributed by atoms with E-state index < -0.39 is 0 Å². The minimum absolute atomic E-state index is 0.184. The lowest BCUT2D eigenvalue weighted by atomic mass is 10.1. The SMILES string of the molecule is CCCCCC(N)c1ccc(Cl)s1. The molecule has 0 aliphatic rings. The van der Waals surface area contributed by atoms with Crippen molar-refractivity contribution in [3.8, 4) is 0 Å². The summed E-state index contributed by atoms with van der Waals surface area (Å²) in [5.41, 5.74) is 6.00. The molecule has 0 radical (unpaired) electrons. The maximum Gasteiger partial charge on any atom is 0.0931 e. The van der Waals surface area contributed by atoms with Gasteiger partial charge in [-0.05, 0) is 18.6 Å². The van der Waals surface area contributed by atoms with E-state index in [4.69, 9.17) is 17.3 Å². The van der Waals surface area contributed by atoms with E-state index in [1.807, 2.05) is 12.1 Å². The average Bonchev–Trinajstić information content (AvgIpc) is 2.52. The molecule has 1 nitrogen and oxygen atoms in total. The van der Waals surface area contributed by atoms with Crippen LogP contribution in [-0.4, -0.2) is 0 Å². The summed E-state index contributed by atoms with van der Waals surface area (Å²) in [5.74, 6) is 0. The van der Waals surface area contributed by atoms with Gasteiger partial charge in [0.25, 0.3) is 0 Å². The molecule has 1 aromatic heterocycles. The summed E-state index contributed by atoms with van der Waals surface area (Å²) in [7, 11) is 0. The molecule has 0 aliphatic heterocycles. The first-order valence-corrected chi connectivity index (χ1v) is 5.94. The molecule has 0 amide bonds. The van der Waals surface area contributed by atoms with Crippen LogP contribution in [0.5, 0.6) is 0 Å². The van der Waals surface area contributed by atoms with E-state index >= 15 is 0 Å². The Bertz CT molecular complexity index is 247. The second kappa shape index (κ2) is 5.63. The lowest BCUT2D eigenvalue weighted by molar-refractivity contribution is 0.587. The standard InChI is InChI=1S/C10H16ClNS/c1-2-3-4-5-8(12)9-6-7-10(11)13-9/h6-8H,2-5,12H2,1H3. The molecular weight excluding hydrogens is 202 g/mol. The molecule has 0 bridgehead atoms. The highest BCUT2D eigenvalue weighted by atomic mass is 35.5. The predicted octanol–water partition coefficient (Wildman–Crippen LogP) is 3.98. The zero-order valence-corrected chi connectivity index (χ0v) is 9.50. The molecule has 0 aliphatic carbocycles. The van der Waals surface area contributed by atoms with Crippen LogP contribution in [0.1, 0.15) is 43.5 Å². The fourth-order valence-electron chi connectivity index (χ4n) is 1.28. The molecule has 0 aromatic carbocycles. The minimum Gasteiger partial charge on any atom is -0.323 e. The number of halogens is 1. The van der Waals surface area contributed by atoms with Crippen molar-refractivity contribution in [3.63, 3.8) is 0 Å². The number of unbranched alkanes of at least 4 members (excludes halogenated alkanes) is 2. The highest BCUT2D eigenvalue weighted by Crippen LogP contribution is 2.28. The quantitative estimate of drug-likeness (QED) is 0.742. The molecule has 1 unspecified atom stereocenters. The van der Waals surface area contributed by atoms with Crippen LogP contribution in [0.4, 0.5) is 0 Å². The zero-order chi connectivity index (χ0) is 9.68. The van der Waals surface area contributed by atoms with Gasteiger partial charge >= 0.3 is 0 Å². The van der Waals surface area contributed by atoms with Crippen molar-refractivity contribution < 1.29 is 0 Å². The largest absolute Gasteiger partial charge is 0.323 e. The van der Waals surface area contributed by atoms with Gasteiger partial charge in [0, 0.05) is 10.9 Å². The first-order chi connectivity index (χ1) is 6.24. The molecule has 0 fully saturated rings. The fraction of sp³-hybridized carbons (Fsp3) is 0.600. The van der Waals surface area contributed by atoms with E-state index in [1.54, 1.807) is 11.3 Å². The van der Waals surface area contributed by atoms with Gasteiger partial charge in [0.15, 0.2) is 0 Å². The van der Waals surface area contributed by atoms with Gasteiger partial charge in [0.2, 0.25) is 0 Å². The Hall–Kier alpha value is -0.0500. The highest BCUT2D eigenvalue weighted by Gasteiger charge is 2.07. The van der Waals surface area contributed by atoms with Gasteiger partial charge in [0.1, 0.15) is 0 Å². The van der Waals surface area contributed by atoms with E-state index in [1.165, 1.54) is 24.1 Å². The number of hydrogen-bond donors (Lipinski definition) is 1. The van der Waals surface area contributed by atoms with E-state index in [2.05, 4.69) is 6.92 Å². The van der Waals surface area contributed by atoms with Crippen molar-refractivity contribution in [2.45, 2.75) is 38.6 Å². The van der Waals surface area contributed by atoms with Crippen molar-refractivity contribution in [3.05, 3.63) is 21.3 Å². The van der Waals surface area contributed by atoms with Crippen LogP contribution < -0.4 is 5.73 Å². The Morgan fingerprint density at radius 3 is 2.77 bits per heavy atom. The van der Waals surface area contributed by atoms with E-state index in [9.17, 15) is 0 Å². The third-order valence-corrected chi connectivity index (χ3v) is 3.44. The van der Waals surface area contributed by atoms with Gasteiger partial charge < -0.3 is 5.73 Å². The van der Waals surface area contributed by atoms with Gasteiger partial charge in [-0.2, -0.15) is 0 Å². The second-order valence-corrected chi connectivity index (χ2v) is 4.99. The van der Waals surface area contributed by atoms with Crippen LogP contribution in [0.15, 0.2) is 12.1 Å². The molecule has 1 heterocycles. The Labute approximate surface area is 88.9 Å². The molecule has 13 heavy (non-hydrogen) atoms. The summed E-state index contributed by atoms with van der Waals surface area (Å²) in [5, 5.41) is 0. The lowest BCUT2D eigenvalue weighted by Crippen LogP contribution is -2.07. The predicted molar refractivity (Wildman–Crippen MR) is 60.4 cm³/mol. The zero-order valence-electron chi connectivity index (χ0n) is 7.92. The van der Waals surface area contributed by atoms with Crippen molar-refractivity contribution >= 4 is 22.9 Å². The fourth-order valence-corrected chi connectivity index (χ4v) is 2.38. The molecular formula is C10H16ClNS. The van der Waals surface area contributed by atoms with E-state index in [-0.39, 0.29) is 6.04 Å². The maximum absolute atomic E-state index is 6.00. The molecule has 0 spiro atoms. The average molecular weight is 218 g/mol. The molecule has 1 atom stereocenters. The van der Waals surface area contributed by atoms with Gasteiger partial charge in [-0.3, -0.25) is 0 Å². The van der Waals surface area contributed by atoms with Crippen LogP contribution in [0, 0.1) is 0 Å². The lowest BCUT2D eigenvalue weighted by Gasteiger charge is -2.07. The smallest absolute Gasteiger partial charge is 0.0931 e. The summed E-state index contributed by atoms with van der Waals surface area (Å²) in [6.45, 7) is 2.20. The Morgan fingerprint density at radius 1 is 1.46 bits per heavy atom. The molecule has 0 saturated carbocycles. The molecule has 0 saturated heterocycles. The maximum atomic E-state index is 6.00. The monoisotopic (exact) mass is 217 g/mol. The van der Waals surface area contributed by atoms with Crippen LogP contribution in [0.2, 0.25) is 4.34 Å². The number of rotatable bonds is 5. The Balaban J connectivity index is 2.35. The second-order valence-electron chi connectivity index (χ2n) is 3.24. The normalized spacial score (nSPS) is 13.2. The number of thiophene rings is 1. The van der Waals surface area contributed by atoms with Crippen LogP contribution in [0.25, 0.3) is 0 Å². The van der Waals surface area contributed by atoms with Crippen molar-refractivity contribution in [1.82, 2.24) is 0 Å². The minimum atomic E-state index is 0.184. The number of nitrogens with two attached hydrogens (primary N) is 1. The first-order valence-electron chi connectivity index (χ1n) is 4.75. The molecule has 1 aromatic rings. The van der Waals surface area contributed by atoms with Gasteiger partial charge in [-0.1, -0.05) is 37.8 Å². The molecule has 74 valence electrons. The highest BCUT2D eigenvalue weighted by molar-refractivity contribution is 7.16. The van der Waals surface area contributed by atoms with Crippen molar-refractivity contribution in [2.24, 2.45) is 5.73 Å². The summed E-state index contributed by atoms with van der Waals surface area (Å²) in [4.78, 5) is 1.21. The summed E-state index contributed by atoms with van der Waals surface area (Å²) >= 11 is 7.42. The van der Waals surface area contributed by atoms with E-state index in [0.717, 1.165) is 10.8 Å². The summed E-state index contributed by atoms with van der Waals surface area (Å²) in [6.07, 6.45) is 4.81. The summed E-state index contributed by atoms with van der Waals surface area (Å²) in [6, 6.07) is 4.13. The Kier molecular flexibility index (Phi) is 4.78. The van der Waals surface area contributed by atoms with Gasteiger partial charge in [0.05, 0.1) is 4.34 Å². The third-order valence-electron chi connectivity index (χ3n) is 2.08. The Morgan fingerprint density at radius 2 is 2.23 bits per heavy atom. The summed E-state index contributed by atoms with van der Waals surface area (Å²) < 4.78 is 0.834. The molecule has 1 rings (SSSR count). The first kappa shape index (κ1) is 11.0. The van der Waals surface area contributed by atoms with Gasteiger partial charge in [-0.15, -0.1) is 11.3 Å². The van der Waals surface area contributed by atoms with E-state index in [0.29, 0.717) is 0 Å². The van der Waals surface area contributed by atoms with Crippen LogP contribution in [0.3, 0.4) is 0 Å². The van der Waals surface area contributed by atoms with Crippen molar-refractivity contribution in [2.75, 3.05) is 0 Å². The third kappa shape index (κ3) is 3.67. The van der Waals surface area contributed by atoms with Gasteiger partial charge in [-0.25, -0.2) is 0 Å². The van der Waals surface area contributed by atoms with Crippen LogP contribution in [-0.2, 0) is 0 Å².